The summed E-state index contributed by atoms with van der Waals surface area (Å²) in [7, 11) is 0. The largest absolute Gasteiger partial charge is 0.493 e. The zero-order chi connectivity index (χ0) is 16.1. The van der Waals surface area contributed by atoms with Crippen molar-refractivity contribution in [3.63, 3.8) is 0 Å². The summed E-state index contributed by atoms with van der Waals surface area (Å²) in [6.45, 7) is 4.80. The molecule has 1 saturated heterocycles. The maximum Gasteiger partial charge on any atom is 0.189 e. The van der Waals surface area contributed by atoms with Crippen LogP contribution in [0.25, 0.3) is 0 Å². The van der Waals surface area contributed by atoms with Crippen molar-refractivity contribution in [2.75, 3.05) is 30.9 Å². The summed E-state index contributed by atoms with van der Waals surface area (Å²) in [5.41, 5.74) is 0.991. The molecule has 0 spiro atoms. The molecule has 0 amide bonds. The van der Waals surface area contributed by atoms with Crippen LogP contribution in [0.15, 0.2) is 35.7 Å². The number of thioether (sulfide) groups is 1. The second-order valence-corrected chi connectivity index (χ2v) is 6.55. The monoisotopic (exact) mass is 330 g/mol. The van der Waals surface area contributed by atoms with Gasteiger partial charge in [0.2, 0.25) is 0 Å². The van der Waals surface area contributed by atoms with E-state index in [1.807, 2.05) is 37.6 Å². The fourth-order valence-corrected chi connectivity index (χ4v) is 3.11. The van der Waals surface area contributed by atoms with E-state index in [9.17, 15) is 0 Å². The van der Waals surface area contributed by atoms with E-state index >= 15 is 0 Å². The van der Waals surface area contributed by atoms with Gasteiger partial charge in [0.25, 0.3) is 0 Å². The zero-order valence-electron chi connectivity index (χ0n) is 13.6. The van der Waals surface area contributed by atoms with Gasteiger partial charge in [0.15, 0.2) is 5.16 Å². The molecule has 2 aromatic rings. The summed E-state index contributed by atoms with van der Waals surface area (Å²) in [6.07, 6.45) is 7.90. The van der Waals surface area contributed by atoms with Gasteiger partial charge in [-0.3, -0.25) is 4.98 Å². The van der Waals surface area contributed by atoms with Crippen LogP contribution < -0.4 is 9.64 Å². The van der Waals surface area contributed by atoms with Crippen molar-refractivity contribution in [3.05, 3.63) is 36.3 Å². The van der Waals surface area contributed by atoms with Crippen molar-refractivity contribution >= 4 is 17.6 Å². The van der Waals surface area contributed by atoms with Crippen LogP contribution >= 0.6 is 11.8 Å². The first-order valence-electron chi connectivity index (χ1n) is 7.92. The molecule has 0 aromatic carbocycles. The number of hydrogen-bond acceptors (Lipinski definition) is 6. The Labute approximate surface area is 141 Å². The number of aromatic nitrogens is 3. The van der Waals surface area contributed by atoms with Gasteiger partial charge in [0.1, 0.15) is 11.6 Å². The Morgan fingerprint density at radius 2 is 2.00 bits per heavy atom. The first-order valence-corrected chi connectivity index (χ1v) is 9.14. The van der Waals surface area contributed by atoms with E-state index < -0.39 is 0 Å². The Morgan fingerprint density at radius 3 is 2.74 bits per heavy atom. The third-order valence-corrected chi connectivity index (χ3v) is 4.66. The van der Waals surface area contributed by atoms with Gasteiger partial charge in [-0.15, -0.1) is 0 Å². The van der Waals surface area contributed by atoms with E-state index in [-0.39, 0.29) is 0 Å². The number of aryl methyl sites for hydroxylation is 1. The Morgan fingerprint density at radius 1 is 1.22 bits per heavy atom. The average molecular weight is 330 g/mol. The quantitative estimate of drug-likeness (QED) is 0.620. The number of ether oxygens (including phenoxy) is 1. The maximum atomic E-state index is 5.92. The van der Waals surface area contributed by atoms with Crippen molar-refractivity contribution < 1.29 is 4.74 Å². The lowest BCUT2D eigenvalue weighted by Crippen LogP contribution is -2.36. The highest BCUT2D eigenvalue weighted by atomic mass is 32.2. The Hall–Kier alpha value is -1.82. The second kappa shape index (κ2) is 7.64. The van der Waals surface area contributed by atoms with E-state index in [1.54, 1.807) is 18.0 Å². The van der Waals surface area contributed by atoms with Gasteiger partial charge in [0, 0.05) is 37.2 Å². The fraction of sp³-hybridized carbons (Fsp3) is 0.471. The molecule has 0 saturated carbocycles. The molecule has 1 fully saturated rings. The smallest absolute Gasteiger partial charge is 0.189 e. The van der Waals surface area contributed by atoms with Crippen molar-refractivity contribution in [1.82, 2.24) is 15.0 Å². The topological polar surface area (TPSA) is 51.1 Å². The van der Waals surface area contributed by atoms with E-state index in [2.05, 4.69) is 19.9 Å². The lowest BCUT2D eigenvalue weighted by Gasteiger charge is -2.32. The molecule has 0 atom stereocenters. The molecule has 6 heteroatoms. The van der Waals surface area contributed by atoms with Crippen LogP contribution in [0.4, 0.5) is 5.82 Å². The molecular formula is C17H22N4OS. The molecular weight excluding hydrogens is 308 g/mol. The predicted octanol–water partition coefficient (Wildman–Crippen LogP) is 3.20. The lowest BCUT2D eigenvalue weighted by molar-refractivity contribution is 0.222. The molecule has 0 bridgehead atoms. The Balaban J connectivity index is 1.50. The molecule has 0 aliphatic carbocycles. The first-order chi connectivity index (χ1) is 11.2. The van der Waals surface area contributed by atoms with Gasteiger partial charge in [-0.2, -0.15) is 0 Å². The summed E-state index contributed by atoms with van der Waals surface area (Å²) in [5, 5.41) is 0.834. The van der Waals surface area contributed by atoms with Crippen molar-refractivity contribution in [2.45, 2.75) is 24.9 Å². The van der Waals surface area contributed by atoms with Crippen LogP contribution in [0.3, 0.4) is 0 Å². The highest BCUT2D eigenvalue weighted by Gasteiger charge is 2.21. The predicted molar refractivity (Wildman–Crippen MR) is 93.2 cm³/mol. The zero-order valence-corrected chi connectivity index (χ0v) is 14.4. The molecule has 3 heterocycles. The summed E-state index contributed by atoms with van der Waals surface area (Å²) in [6, 6.07) is 5.91. The second-order valence-electron chi connectivity index (χ2n) is 5.78. The highest BCUT2D eigenvalue weighted by Crippen LogP contribution is 2.23. The SMILES string of the molecule is CSc1nccc(N2CCC(COc3ccnc(C)c3)CC2)n1. The van der Waals surface area contributed by atoms with Crippen LogP contribution in [-0.4, -0.2) is 40.9 Å². The van der Waals surface area contributed by atoms with Crippen LogP contribution in [0.1, 0.15) is 18.5 Å². The normalized spacial score (nSPS) is 15.7. The van der Waals surface area contributed by atoms with Crippen LogP contribution in [0.5, 0.6) is 5.75 Å². The molecule has 23 heavy (non-hydrogen) atoms. The molecule has 5 nitrogen and oxygen atoms in total. The third-order valence-electron chi connectivity index (χ3n) is 4.09. The molecule has 3 rings (SSSR count). The summed E-state index contributed by atoms with van der Waals surface area (Å²) in [5.74, 6) is 2.55. The third kappa shape index (κ3) is 4.34. The van der Waals surface area contributed by atoms with E-state index in [0.29, 0.717) is 5.92 Å². The molecule has 122 valence electrons. The molecule has 1 aliphatic heterocycles. The first kappa shape index (κ1) is 16.1. The van der Waals surface area contributed by atoms with Crippen molar-refractivity contribution in [3.8, 4) is 5.75 Å². The maximum absolute atomic E-state index is 5.92. The standard InChI is InChI=1S/C17H22N4OS/c1-13-11-15(3-7-18-13)22-12-14-5-9-21(10-6-14)16-4-8-19-17(20-16)23-2/h3-4,7-8,11,14H,5-6,9-10,12H2,1-2H3. The van der Waals surface area contributed by atoms with Crippen molar-refractivity contribution in [1.29, 1.82) is 0 Å². The van der Waals surface area contributed by atoms with Gasteiger partial charge < -0.3 is 9.64 Å². The van der Waals surface area contributed by atoms with Crippen LogP contribution in [0.2, 0.25) is 0 Å². The minimum absolute atomic E-state index is 0.599. The van der Waals surface area contributed by atoms with Gasteiger partial charge >= 0.3 is 0 Å². The minimum Gasteiger partial charge on any atom is -0.493 e. The molecule has 1 aliphatic rings. The van der Waals surface area contributed by atoms with Gasteiger partial charge in [-0.05, 0) is 44.1 Å². The highest BCUT2D eigenvalue weighted by molar-refractivity contribution is 7.98. The number of piperidine rings is 1. The van der Waals surface area contributed by atoms with Crippen molar-refractivity contribution in [2.24, 2.45) is 5.92 Å². The molecule has 2 aromatic heterocycles. The number of rotatable bonds is 5. The van der Waals surface area contributed by atoms with Gasteiger partial charge in [-0.1, -0.05) is 11.8 Å². The van der Waals surface area contributed by atoms with Gasteiger partial charge in [0.05, 0.1) is 6.61 Å². The molecule has 0 N–H and O–H groups in total. The average Bonchev–Trinajstić information content (AvgIpc) is 2.60. The van der Waals surface area contributed by atoms with E-state index in [1.165, 1.54) is 0 Å². The summed E-state index contributed by atoms with van der Waals surface area (Å²) < 4.78 is 5.92. The fourth-order valence-electron chi connectivity index (χ4n) is 2.76. The Bertz CT molecular complexity index is 644. The van der Waals surface area contributed by atoms with E-state index in [4.69, 9.17) is 4.74 Å². The number of hydrogen-bond donors (Lipinski definition) is 0. The Kier molecular flexibility index (Phi) is 5.33. The molecule has 0 radical (unpaired) electrons. The number of pyridine rings is 1. The summed E-state index contributed by atoms with van der Waals surface area (Å²) in [4.78, 5) is 15.4. The van der Waals surface area contributed by atoms with Crippen LogP contribution in [-0.2, 0) is 0 Å². The van der Waals surface area contributed by atoms with E-state index in [0.717, 1.165) is 55.0 Å². The molecule has 0 unspecified atom stereocenters. The lowest BCUT2D eigenvalue weighted by atomic mass is 9.98. The minimum atomic E-state index is 0.599. The number of anilines is 1. The number of nitrogens with zero attached hydrogens (tertiary/aromatic N) is 4. The summed E-state index contributed by atoms with van der Waals surface area (Å²) >= 11 is 1.58. The van der Waals surface area contributed by atoms with Crippen LogP contribution in [0, 0.1) is 12.8 Å². The van der Waals surface area contributed by atoms with Gasteiger partial charge in [-0.25, -0.2) is 9.97 Å².